The van der Waals surface area contributed by atoms with Crippen LogP contribution in [0.4, 0.5) is 0 Å². The molecule has 50 heavy (non-hydrogen) atoms. The van der Waals surface area contributed by atoms with Crippen LogP contribution in [-0.4, -0.2) is 19.5 Å². The lowest BCUT2D eigenvalue weighted by Gasteiger charge is -2.10. The van der Waals surface area contributed by atoms with E-state index in [-0.39, 0.29) is 0 Å². The molecule has 3 aromatic heterocycles. The Labute approximate surface area is 292 Å². The maximum absolute atomic E-state index is 5.11. The molecule has 0 atom stereocenters. The molecule has 10 aromatic rings. The molecule has 0 bridgehead atoms. The molecule has 0 aliphatic carbocycles. The Morgan fingerprint density at radius 3 is 1.52 bits per heavy atom. The number of thiophene rings is 1. The van der Waals surface area contributed by atoms with Crippen molar-refractivity contribution in [3.05, 3.63) is 170 Å². The van der Waals surface area contributed by atoms with Gasteiger partial charge in [0.05, 0.1) is 11.0 Å². The molecule has 4 nitrogen and oxygen atoms in total. The fourth-order valence-corrected chi connectivity index (χ4v) is 8.13. The SMILES string of the molecule is c1ccc(-c2cccc(-c3nc(-c4ccccc4)nc(-c4ccc5sc6ccc(-n7c8ccccc8c8ccccc87)cc6c5c4)n3)c2)cc1. The number of nitrogens with zero attached hydrogens (tertiary/aromatic N) is 4. The fourth-order valence-electron chi connectivity index (χ4n) is 7.06. The van der Waals surface area contributed by atoms with Gasteiger partial charge in [-0.05, 0) is 65.7 Å². The van der Waals surface area contributed by atoms with Gasteiger partial charge >= 0.3 is 0 Å². The summed E-state index contributed by atoms with van der Waals surface area (Å²) in [7, 11) is 0. The minimum atomic E-state index is 0.649. The second-order valence-corrected chi connectivity index (χ2v) is 13.6. The van der Waals surface area contributed by atoms with Gasteiger partial charge in [0.15, 0.2) is 17.5 Å². The third kappa shape index (κ3) is 4.79. The lowest BCUT2D eigenvalue weighted by molar-refractivity contribution is 1.07. The first-order valence-electron chi connectivity index (χ1n) is 16.7. The number of hydrogen-bond donors (Lipinski definition) is 0. The molecule has 0 radical (unpaired) electrons. The molecule has 0 aliphatic heterocycles. The summed E-state index contributed by atoms with van der Waals surface area (Å²) in [5.41, 5.74) is 8.69. The van der Waals surface area contributed by atoms with Crippen LogP contribution in [0.2, 0.25) is 0 Å². The van der Waals surface area contributed by atoms with Gasteiger partial charge in [-0.2, -0.15) is 0 Å². The third-order valence-electron chi connectivity index (χ3n) is 9.44. The molecule has 5 heteroatoms. The number of para-hydroxylation sites is 2. The number of hydrogen-bond acceptors (Lipinski definition) is 4. The van der Waals surface area contributed by atoms with Crippen molar-refractivity contribution >= 4 is 53.3 Å². The van der Waals surface area contributed by atoms with Crippen LogP contribution in [0.5, 0.6) is 0 Å². The summed E-state index contributed by atoms with van der Waals surface area (Å²) in [5.74, 6) is 1.95. The number of benzene rings is 7. The second kappa shape index (κ2) is 11.6. The number of fused-ring (bicyclic) bond motifs is 6. The van der Waals surface area contributed by atoms with Gasteiger partial charge in [-0.25, -0.2) is 15.0 Å². The van der Waals surface area contributed by atoms with Crippen LogP contribution in [0.3, 0.4) is 0 Å². The Morgan fingerprint density at radius 1 is 0.340 bits per heavy atom. The van der Waals surface area contributed by atoms with E-state index in [2.05, 4.69) is 150 Å². The number of rotatable bonds is 5. The van der Waals surface area contributed by atoms with Crippen LogP contribution >= 0.6 is 11.3 Å². The van der Waals surface area contributed by atoms with Gasteiger partial charge in [0.1, 0.15) is 0 Å². The Morgan fingerprint density at radius 2 is 0.840 bits per heavy atom. The molecular formula is C45H28N4S. The van der Waals surface area contributed by atoms with Gasteiger partial charge in [-0.15, -0.1) is 11.3 Å². The highest BCUT2D eigenvalue weighted by atomic mass is 32.1. The molecule has 0 amide bonds. The van der Waals surface area contributed by atoms with Gasteiger partial charge in [-0.3, -0.25) is 0 Å². The minimum absolute atomic E-state index is 0.649. The molecule has 0 spiro atoms. The molecule has 0 unspecified atom stereocenters. The molecule has 3 heterocycles. The predicted octanol–water partition coefficient (Wildman–Crippen LogP) is 12.0. The summed E-state index contributed by atoms with van der Waals surface area (Å²) in [4.78, 5) is 15.2. The van der Waals surface area contributed by atoms with Crippen molar-refractivity contribution in [1.29, 1.82) is 0 Å². The average Bonchev–Trinajstić information content (AvgIpc) is 3.73. The molecule has 10 rings (SSSR count). The smallest absolute Gasteiger partial charge is 0.164 e. The molecule has 0 aliphatic rings. The van der Waals surface area contributed by atoms with E-state index in [0.717, 1.165) is 33.5 Å². The van der Waals surface area contributed by atoms with Crippen LogP contribution in [0.15, 0.2) is 170 Å². The van der Waals surface area contributed by atoms with Crippen molar-refractivity contribution in [2.24, 2.45) is 0 Å². The first-order chi connectivity index (χ1) is 24.8. The summed E-state index contributed by atoms with van der Waals surface area (Å²) in [5, 5.41) is 4.93. The van der Waals surface area contributed by atoms with E-state index in [1.165, 1.54) is 42.0 Å². The van der Waals surface area contributed by atoms with E-state index in [1.807, 2.05) is 35.6 Å². The summed E-state index contributed by atoms with van der Waals surface area (Å²) < 4.78 is 4.86. The summed E-state index contributed by atoms with van der Waals surface area (Å²) in [6.07, 6.45) is 0. The van der Waals surface area contributed by atoms with Crippen LogP contribution in [0, 0.1) is 0 Å². The Balaban J connectivity index is 1.14. The zero-order valence-corrected chi connectivity index (χ0v) is 27.7. The van der Waals surface area contributed by atoms with Crippen molar-refractivity contribution in [2.45, 2.75) is 0 Å². The van der Waals surface area contributed by atoms with E-state index in [0.29, 0.717) is 17.5 Å². The minimum Gasteiger partial charge on any atom is -0.309 e. The maximum Gasteiger partial charge on any atom is 0.164 e. The predicted molar refractivity (Wildman–Crippen MR) is 209 cm³/mol. The van der Waals surface area contributed by atoms with Crippen LogP contribution < -0.4 is 0 Å². The van der Waals surface area contributed by atoms with Crippen LogP contribution in [0.25, 0.3) is 93.0 Å². The van der Waals surface area contributed by atoms with Gasteiger partial charge in [0.25, 0.3) is 0 Å². The monoisotopic (exact) mass is 656 g/mol. The van der Waals surface area contributed by atoms with E-state index in [4.69, 9.17) is 15.0 Å². The van der Waals surface area contributed by atoms with E-state index in [1.54, 1.807) is 0 Å². The van der Waals surface area contributed by atoms with E-state index in [9.17, 15) is 0 Å². The third-order valence-corrected chi connectivity index (χ3v) is 10.6. The Bertz CT molecular complexity index is 2820. The first kappa shape index (κ1) is 28.6. The van der Waals surface area contributed by atoms with Gasteiger partial charge in [-0.1, -0.05) is 115 Å². The topological polar surface area (TPSA) is 43.6 Å². The van der Waals surface area contributed by atoms with Crippen molar-refractivity contribution in [3.63, 3.8) is 0 Å². The quantitative estimate of drug-likeness (QED) is 0.185. The zero-order chi connectivity index (χ0) is 33.0. The molecule has 7 aromatic carbocycles. The van der Waals surface area contributed by atoms with Gasteiger partial charge in [0, 0.05) is 53.3 Å². The van der Waals surface area contributed by atoms with Crippen LogP contribution in [0.1, 0.15) is 0 Å². The van der Waals surface area contributed by atoms with Crippen molar-refractivity contribution in [3.8, 4) is 51.0 Å². The molecular weight excluding hydrogens is 629 g/mol. The van der Waals surface area contributed by atoms with Crippen LogP contribution in [-0.2, 0) is 0 Å². The molecule has 234 valence electrons. The molecule has 0 fully saturated rings. The average molecular weight is 657 g/mol. The largest absolute Gasteiger partial charge is 0.309 e. The summed E-state index contributed by atoms with van der Waals surface area (Å²) in [6, 6.07) is 59.7. The Kier molecular flexibility index (Phi) is 6.64. The van der Waals surface area contributed by atoms with Crippen molar-refractivity contribution in [2.75, 3.05) is 0 Å². The summed E-state index contributed by atoms with van der Waals surface area (Å²) in [6.45, 7) is 0. The Hall–Kier alpha value is -6.43. The van der Waals surface area contributed by atoms with Crippen molar-refractivity contribution < 1.29 is 0 Å². The van der Waals surface area contributed by atoms with Gasteiger partial charge < -0.3 is 4.57 Å². The highest BCUT2D eigenvalue weighted by Gasteiger charge is 2.16. The van der Waals surface area contributed by atoms with E-state index < -0.39 is 0 Å². The highest BCUT2D eigenvalue weighted by Crippen LogP contribution is 2.39. The lowest BCUT2D eigenvalue weighted by atomic mass is 10.0. The summed E-state index contributed by atoms with van der Waals surface area (Å²) >= 11 is 1.82. The first-order valence-corrected chi connectivity index (χ1v) is 17.5. The second-order valence-electron chi connectivity index (χ2n) is 12.5. The molecule has 0 saturated heterocycles. The maximum atomic E-state index is 5.11. The zero-order valence-electron chi connectivity index (χ0n) is 26.9. The normalized spacial score (nSPS) is 11.6. The molecule has 0 saturated carbocycles. The number of aromatic nitrogens is 4. The van der Waals surface area contributed by atoms with E-state index >= 15 is 0 Å². The van der Waals surface area contributed by atoms with Gasteiger partial charge in [0.2, 0.25) is 0 Å². The van der Waals surface area contributed by atoms with Crippen molar-refractivity contribution in [1.82, 2.24) is 19.5 Å². The lowest BCUT2D eigenvalue weighted by Crippen LogP contribution is -2.00. The standard InChI is InChI=1S/C45H28N4S/c1-3-12-29(13-4-1)31-16-11-17-32(26-31)44-46-43(30-14-5-2-6-15-30)47-45(48-44)33-22-24-41-37(27-33)38-28-34(23-25-42(38)50-41)49-39-20-9-7-18-35(39)36-19-8-10-21-40(36)49/h1-28H. The fraction of sp³-hybridized carbons (Fsp3) is 0. The molecule has 0 N–H and O–H groups in total. The highest BCUT2D eigenvalue weighted by molar-refractivity contribution is 7.25.